The molecular formula is C18H16ClFO. The minimum absolute atomic E-state index is 0.326. The van der Waals surface area contributed by atoms with Crippen LogP contribution in [0.2, 0.25) is 0 Å². The number of rotatable bonds is 4. The molecule has 0 saturated heterocycles. The summed E-state index contributed by atoms with van der Waals surface area (Å²) in [7, 11) is 0. The van der Waals surface area contributed by atoms with E-state index in [2.05, 4.69) is 11.8 Å². The van der Waals surface area contributed by atoms with Gasteiger partial charge in [0.1, 0.15) is 18.2 Å². The molecule has 0 aliphatic carbocycles. The van der Waals surface area contributed by atoms with Gasteiger partial charge < -0.3 is 4.74 Å². The second-order valence-electron chi connectivity index (χ2n) is 4.66. The van der Waals surface area contributed by atoms with Gasteiger partial charge in [0.2, 0.25) is 0 Å². The second kappa shape index (κ2) is 7.71. The van der Waals surface area contributed by atoms with Crippen LogP contribution in [0.25, 0.3) is 0 Å². The first-order chi connectivity index (χ1) is 10.2. The highest BCUT2D eigenvalue weighted by molar-refractivity contribution is 6.18. The number of aryl methyl sites for hydroxylation is 1. The van der Waals surface area contributed by atoms with Gasteiger partial charge in [0.25, 0.3) is 0 Å². The molecule has 0 N–H and O–H groups in total. The molecule has 108 valence electrons. The maximum Gasteiger partial charge on any atom is 0.135 e. The molecule has 0 atom stereocenters. The van der Waals surface area contributed by atoms with Crippen LogP contribution < -0.4 is 4.74 Å². The molecule has 0 radical (unpaired) electrons. The Morgan fingerprint density at radius 3 is 2.62 bits per heavy atom. The van der Waals surface area contributed by atoms with Crippen LogP contribution in [0.3, 0.4) is 0 Å². The zero-order chi connectivity index (χ0) is 15.1. The molecule has 0 bridgehead atoms. The molecule has 2 rings (SSSR count). The van der Waals surface area contributed by atoms with Gasteiger partial charge in [-0.25, -0.2) is 4.39 Å². The molecule has 0 aromatic heterocycles. The number of ether oxygens (including phenoxy) is 1. The van der Waals surface area contributed by atoms with E-state index in [0.29, 0.717) is 30.2 Å². The van der Waals surface area contributed by atoms with Gasteiger partial charge >= 0.3 is 0 Å². The maximum atomic E-state index is 13.3. The average Bonchev–Trinajstić information content (AvgIpc) is 2.48. The average molecular weight is 303 g/mol. The first kappa shape index (κ1) is 15.4. The highest BCUT2D eigenvalue weighted by atomic mass is 35.5. The van der Waals surface area contributed by atoms with Crippen molar-refractivity contribution in [2.24, 2.45) is 0 Å². The summed E-state index contributed by atoms with van der Waals surface area (Å²) in [5.74, 6) is 6.51. The van der Waals surface area contributed by atoms with Crippen molar-refractivity contribution in [3.63, 3.8) is 0 Å². The third-order valence-corrected chi connectivity index (χ3v) is 3.09. The topological polar surface area (TPSA) is 9.23 Å². The second-order valence-corrected chi connectivity index (χ2v) is 5.03. The van der Waals surface area contributed by atoms with Crippen LogP contribution in [0.4, 0.5) is 4.39 Å². The van der Waals surface area contributed by atoms with E-state index in [0.717, 1.165) is 5.56 Å². The van der Waals surface area contributed by atoms with Crippen molar-refractivity contribution >= 4 is 11.6 Å². The van der Waals surface area contributed by atoms with E-state index in [4.69, 9.17) is 16.3 Å². The third kappa shape index (κ3) is 4.81. The molecule has 0 aliphatic rings. The van der Waals surface area contributed by atoms with E-state index in [1.54, 1.807) is 6.07 Å². The predicted molar refractivity (Wildman–Crippen MR) is 84.1 cm³/mol. The Bertz CT molecular complexity index is 653. The lowest BCUT2D eigenvalue weighted by molar-refractivity contribution is 0.305. The van der Waals surface area contributed by atoms with Crippen LogP contribution in [-0.2, 0) is 6.61 Å². The molecule has 0 amide bonds. The summed E-state index contributed by atoms with van der Waals surface area (Å²) in [5.41, 5.74) is 2.81. The van der Waals surface area contributed by atoms with Crippen molar-refractivity contribution in [2.45, 2.75) is 20.0 Å². The van der Waals surface area contributed by atoms with E-state index in [9.17, 15) is 4.39 Å². The van der Waals surface area contributed by atoms with E-state index in [1.165, 1.54) is 17.7 Å². The summed E-state index contributed by atoms with van der Waals surface area (Å²) in [4.78, 5) is 0. The number of alkyl halides is 1. The molecule has 0 aliphatic heterocycles. The Labute approximate surface area is 129 Å². The minimum Gasteiger partial charge on any atom is -0.488 e. The van der Waals surface area contributed by atoms with Gasteiger partial charge in [-0.05, 0) is 30.7 Å². The molecule has 0 unspecified atom stereocenters. The lowest BCUT2D eigenvalue weighted by Gasteiger charge is -2.09. The van der Waals surface area contributed by atoms with Crippen molar-refractivity contribution in [2.75, 3.05) is 5.88 Å². The Morgan fingerprint density at radius 1 is 1.14 bits per heavy atom. The highest BCUT2D eigenvalue weighted by Gasteiger charge is 2.04. The maximum absolute atomic E-state index is 13.3. The van der Waals surface area contributed by atoms with Crippen LogP contribution in [0.15, 0.2) is 42.5 Å². The molecule has 2 aromatic rings. The van der Waals surface area contributed by atoms with E-state index in [1.807, 2.05) is 31.2 Å². The molecule has 3 heteroatoms. The molecule has 21 heavy (non-hydrogen) atoms. The van der Waals surface area contributed by atoms with Crippen molar-refractivity contribution in [3.05, 3.63) is 65.0 Å². The normalized spacial score (nSPS) is 9.86. The number of hydrogen-bond acceptors (Lipinski definition) is 1. The van der Waals surface area contributed by atoms with Crippen molar-refractivity contribution in [1.29, 1.82) is 0 Å². The van der Waals surface area contributed by atoms with Gasteiger partial charge in [-0.15, -0.1) is 11.6 Å². The largest absolute Gasteiger partial charge is 0.488 e. The Kier molecular flexibility index (Phi) is 5.66. The lowest BCUT2D eigenvalue weighted by atomic mass is 10.1. The molecule has 1 nitrogen and oxygen atoms in total. The summed E-state index contributed by atoms with van der Waals surface area (Å²) in [6, 6.07) is 12.4. The van der Waals surface area contributed by atoms with Gasteiger partial charge in [-0.1, -0.05) is 41.7 Å². The summed E-state index contributed by atoms with van der Waals surface area (Å²) in [6.45, 7) is 2.46. The van der Waals surface area contributed by atoms with Crippen LogP contribution in [0.1, 0.15) is 23.1 Å². The van der Waals surface area contributed by atoms with Crippen LogP contribution >= 0.6 is 11.6 Å². The third-order valence-electron chi connectivity index (χ3n) is 2.90. The smallest absolute Gasteiger partial charge is 0.135 e. The predicted octanol–water partition coefficient (Wildman–Crippen LogP) is 4.69. The Balaban J connectivity index is 2.12. The molecule has 0 spiro atoms. The summed E-state index contributed by atoms with van der Waals surface area (Å²) < 4.78 is 19.1. The number of halogens is 2. The Hall–Kier alpha value is -1.98. The molecule has 0 heterocycles. The molecule has 0 saturated carbocycles. The standard InChI is InChI=1S/C18H16ClFO/c1-14-5-7-15(8-6-14)13-21-18-10-9-17(20)12-16(18)4-2-3-11-19/h5-10,12H,3,11,13H2,1H3. The van der Waals surface area contributed by atoms with Crippen LogP contribution in [0.5, 0.6) is 5.75 Å². The van der Waals surface area contributed by atoms with Crippen molar-refractivity contribution in [3.8, 4) is 17.6 Å². The van der Waals surface area contributed by atoms with Crippen LogP contribution in [-0.4, -0.2) is 5.88 Å². The summed E-state index contributed by atoms with van der Waals surface area (Å²) >= 11 is 5.58. The Morgan fingerprint density at radius 2 is 1.90 bits per heavy atom. The zero-order valence-corrected chi connectivity index (χ0v) is 12.6. The summed E-state index contributed by atoms with van der Waals surface area (Å²) in [6.07, 6.45) is 0.565. The first-order valence-electron chi connectivity index (χ1n) is 6.72. The summed E-state index contributed by atoms with van der Waals surface area (Å²) in [5, 5.41) is 0. The van der Waals surface area contributed by atoms with Gasteiger partial charge in [0, 0.05) is 12.3 Å². The molecule has 0 fully saturated rings. The van der Waals surface area contributed by atoms with Crippen molar-refractivity contribution < 1.29 is 9.13 Å². The molecular weight excluding hydrogens is 287 g/mol. The van der Waals surface area contributed by atoms with Gasteiger partial charge in [0.15, 0.2) is 0 Å². The zero-order valence-electron chi connectivity index (χ0n) is 11.8. The number of hydrogen-bond donors (Lipinski definition) is 0. The van der Waals surface area contributed by atoms with E-state index < -0.39 is 0 Å². The number of benzene rings is 2. The lowest BCUT2D eigenvalue weighted by Crippen LogP contribution is -1.98. The van der Waals surface area contributed by atoms with Gasteiger partial charge in [0.05, 0.1) is 5.56 Å². The van der Waals surface area contributed by atoms with Gasteiger partial charge in [-0.2, -0.15) is 0 Å². The monoisotopic (exact) mass is 302 g/mol. The quantitative estimate of drug-likeness (QED) is 0.588. The first-order valence-corrected chi connectivity index (χ1v) is 7.25. The fraction of sp³-hybridized carbons (Fsp3) is 0.222. The van der Waals surface area contributed by atoms with E-state index >= 15 is 0 Å². The SMILES string of the molecule is Cc1ccc(COc2ccc(F)cc2C#CCCCl)cc1. The van der Waals surface area contributed by atoms with E-state index in [-0.39, 0.29) is 5.82 Å². The fourth-order valence-electron chi connectivity index (χ4n) is 1.78. The minimum atomic E-state index is -0.326. The fourth-order valence-corrected chi connectivity index (χ4v) is 1.87. The molecule has 2 aromatic carbocycles. The highest BCUT2D eigenvalue weighted by Crippen LogP contribution is 2.20. The van der Waals surface area contributed by atoms with Gasteiger partial charge in [-0.3, -0.25) is 0 Å². The van der Waals surface area contributed by atoms with Crippen molar-refractivity contribution in [1.82, 2.24) is 0 Å². The van der Waals surface area contributed by atoms with Crippen LogP contribution in [0, 0.1) is 24.6 Å².